The number of nitrogens with zero attached hydrogens (tertiary/aromatic N) is 2. The Labute approximate surface area is 137 Å². The lowest BCUT2D eigenvalue weighted by Crippen LogP contribution is -2.33. The van der Waals surface area contributed by atoms with Gasteiger partial charge in [0, 0.05) is 6.07 Å². The van der Waals surface area contributed by atoms with E-state index in [-0.39, 0.29) is 29.4 Å². The minimum absolute atomic E-state index is 0.184. The average Bonchev–Trinajstić information content (AvgIpc) is 2.46. The van der Waals surface area contributed by atoms with Crippen LogP contribution in [0.4, 0.5) is 16.0 Å². The van der Waals surface area contributed by atoms with Crippen LogP contribution in [0.5, 0.6) is 0 Å². The molecule has 5 N–H and O–H groups in total. The van der Waals surface area contributed by atoms with Crippen LogP contribution in [0.25, 0.3) is 0 Å². The molecule has 0 aliphatic heterocycles. The number of nitrogens with two attached hydrogens (primary N) is 2. The number of rotatable bonds is 5. The molecule has 23 heavy (non-hydrogen) atoms. The molecule has 0 radical (unpaired) electrons. The molecule has 0 spiro atoms. The predicted molar refractivity (Wildman–Crippen MR) is 89.1 cm³/mol. The van der Waals surface area contributed by atoms with Gasteiger partial charge in [0.1, 0.15) is 17.5 Å². The van der Waals surface area contributed by atoms with E-state index in [1.54, 1.807) is 19.1 Å². The zero-order chi connectivity index (χ0) is 17.0. The highest BCUT2D eigenvalue weighted by Gasteiger charge is 2.19. The molecule has 1 amide bonds. The number of halogens is 1. The second-order valence-corrected chi connectivity index (χ2v) is 6.35. The van der Waals surface area contributed by atoms with Crippen molar-refractivity contribution in [2.75, 3.05) is 11.5 Å². The number of anilines is 2. The molecule has 8 heteroatoms. The second kappa shape index (κ2) is 7.28. The quantitative estimate of drug-likeness (QED) is 0.571. The molecule has 0 aliphatic carbocycles. The highest BCUT2D eigenvalue weighted by molar-refractivity contribution is 8.00. The fraction of sp³-hybridized carbons (Fsp3) is 0.267. The molecular weight excluding hydrogens is 317 g/mol. The number of hydrogen-bond acceptors (Lipinski definition) is 6. The van der Waals surface area contributed by atoms with E-state index in [2.05, 4.69) is 15.3 Å². The minimum atomic E-state index is -0.431. The molecular formula is C15H18FN5OS. The van der Waals surface area contributed by atoms with Crippen molar-refractivity contribution in [1.82, 2.24) is 15.3 Å². The molecule has 1 aromatic heterocycles. The Balaban J connectivity index is 1.97. The minimum Gasteiger partial charge on any atom is -0.383 e. The molecule has 2 aromatic rings. The zero-order valence-corrected chi connectivity index (χ0v) is 13.6. The van der Waals surface area contributed by atoms with E-state index >= 15 is 0 Å². The highest BCUT2D eigenvalue weighted by Crippen LogP contribution is 2.22. The van der Waals surface area contributed by atoms with Gasteiger partial charge in [-0.05, 0) is 31.5 Å². The van der Waals surface area contributed by atoms with Crippen LogP contribution in [0.15, 0.2) is 35.5 Å². The van der Waals surface area contributed by atoms with Gasteiger partial charge in [0.15, 0.2) is 5.16 Å². The van der Waals surface area contributed by atoms with Crippen molar-refractivity contribution in [3.05, 3.63) is 41.7 Å². The normalized spacial score (nSPS) is 13.3. The summed E-state index contributed by atoms with van der Waals surface area (Å²) in [6.07, 6.45) is 0. The van der Waals surface area contributed by atoms with Crippen LogP contribution in [0.2, 0.25) is 0 Å². The Hall–Kier alpha value is -2.35. The first kappa shape index (κ1) is 17.0. The molecule has 0 bridgehead atoms. The topological polar surface area (TPSA) is 107 Å². The van der Waals surface area contributed by atoms with Crippen molar-refractivity contribution in [1.29, 1.82) is 0 Å². The molecule has 122 valence electrons. The molecule has 6 nitrogen and oxygen atoms in total. The highest BCUT2D eigenvalue weighted by atomic mass is 32.2. The Bertz CT molecular complexity index is 675. The number of nitrogens with one attached hydrogen (secondary N) is 1. The molecule has 1 aromatic carbocycles. The number of aromatic nitrogens is 2. The maximum absolute atomic E-state index is 12.9. The van der Waals surface area contributed by atoms with E-state index in [9.17, 15) is 9.18 Å². The van der Waals surface area contributed by atoms with Crippen LogP contribution in [0.3, 0.4) is 0 Å². The third-order valence-electron chi connectivity index (χ3n) is 3.13. The zero-order valence-electron chi connectivity index (χ0n) is 12.8. The number of benzene rings is 1. The van der Waals surface area contributed by atoms with Crippen molar-refractivity contribution in [3.63, 3.8) is 0 Å². The molecule has 0 saturated heterocycles. The van der Waals surface area contributed by atoms with E-state index in [1.165, 1.54) is 30.0 Å². The number of thioether (sulfide) groups is 1. The van der Waals surface area contributed by atoms with Crippen LogP contribution < -0.4 is 16.8 Å². The summed E-state index contributed by atoms with van der Waals surface area (Å²) in [4.78, 5) is 20.3. The third-order valence-corrected chi connectivity index (χ3v) is 4.09. The van der Waals surface area contributed by atoms with Gasteiger partial charge in [-0.2, -0.15) is 0 Å². The molecule has 2 rings (SSSR count). The van der Waals surface area contributed by atoms with Crippen molar-refractivity contribution in [2.45, 2.75) is 30.3 Å². The van der Waals surface area contributed by atoms with Gasteiger partial charge in [-0.15, -0.1) is 0 Å². The lowest BCUT2D eigenvalue weighted by Gasteiger charge is -2.17. The Morgan fingerprint density at radius 3 is 2.30 bits per heavy atom. The fourth-order valence-electron chi connectivity index (χ4n) is 1.89. The van der Waals surface area contributed by atoms with Gasteiger partial charge in [0.25, 0.3) is 0 Å². The maximum atomic E-state index is 12.9. The number of hydrogen-bond donors (Lipinski definition) is 3. The molecule has 0 aliphatic rings. The van der Waals surface area contributed by atoms with Gasteiger partial charge in [0.05, 0.1) is 11.3 Å². The van der Waals surface area contributed by atoms with Gasteiger partial charge < -0.3 is 16.8 Å². The van der Waals surface area contributed by atoms with Crippen molar-refractivity contribution in [3.8, 4) is 0 Å². The first-order chi connectivity index (χ1) is 10.8. The Kier molecular flexibility index (Phi) is 5.38. The van der Waals surface area contributed by atoms with Crippen molar-refractivity contribution >= 4 is 29.3 Å². The van der Waals surface area contributed by atoms with Gasteiger partial charge in [-0.1, -0.05) is 23.9 Å². The predicted octanol–water partition coefficient (Wildman–Crippen LogP) is 2.14. The lowest BCUT2D eigenvalue weighted by atomic mass is 10.1. The number of carbonyl (C=O) groups excluding carboxylic acids is 1. The lowest BCUT2D eigenvalue weighted by molar-refractivity contribution is -0.120. The number of amides is 1. The first-order valence-electron chi connectivity index (χ1n) is 6.97. The Morgan fingerprint density at radius 2 is 1.74 bits per heavy atom. The van der Waals surface area contributed by atoms with Gasteiger partial charge in [0.2, 0.25) is 5.91 Å². The average molecular weight is 335 g/mol. The largest absolute Gasteiger partial charge is 0.383 e. The van der Waals surface area contributed by atoms with Crippen LogP contribution >= 0.6 is 11.8 Å². The summed E-state index contributed by atoms with van der Waals surface area (Å²) in [5.41, 5.74) is 12.0. The summed E-state index contributed by atoms with van der Waals surface area (Å²) < 4.78 is 12.9. The third kappa shape index (κ3) is 4.82. The molecule has 0 saturated carbocycles. The van der Waals surface area contributed by atoms with Crippen LogP contribution in [-0.4, -0.2) is 21.1 Å². The van der Waals surface area contributed by atoms with Gasteiger partial charge >= 0.3 is 0 Å². The summed E-state index contributed by atoms with van der Waals surface area (Å²) in [5.74, 6) is 0.0172. The van der Waals surface area contributed by atoms with Crippen molar-refractivity contribution in [2.24, 2.45) is 0 Å². The van der Waals surface area contributed by atoms with E-state index in [4.69, 9.17) is 11.5 Å². The SMILES string of the molecule is C[C@H](NC(=O)[C@@H](C)Sc1nc(N)cc(N)n1)c1ccc(F)cc1. The fourth-order valence-corrected chi connectivity index (χ4v) is 2.70. The van der Waals surface area contributed by atoms with Crippen LogP contribution in [0.1, 0.15) is 25.5 Å². The summed E-state index contributed by atoms with van der Waals surface area (Å²) in [5, 5.41) is 2.78. The number of nitrogen functional groups attached to an aromatic ring is 2. The summed E-state index contributed by atoms with van der Waals surface area (Å²) in [6, 6.07) is 7.21. The number of carbonyl (C=O) groups is 1. The van der Waals surface area contributed by atoms with Crippen LogP contribution in [0, 0.1) is 5.82 Å². The van der Waals surface area contributed by atoms with E-state index < -0.39 is 5.25 Å². The summed E-state index contributed by atoms with van der Waals surface area (Å²) >= 11 is 1.17. The summed E-state index contributed by atoms with van der Waals surface area (Å²) in [6.45, 7) is 3.57. The molecule has 0 unspecified atom stereocenters. The van der Waals surface area contributed by atoms with E-state index in [0.29, 0.717) is 5.16 Å². The van der Waals surface area contributed by atoms with Crippen LogP contribution in [-0.2, 0) is 4.79 Å². The van der Waals surface area contributed by atoms with Gasteiger partial charge in [-0.3, -0.25) is 4.79 Å². The van der Waals surface area contributed by atoms with Crippen molar-refractivity contribution < 1.29 is 9.18 Å². The molecule has 2 atom stereocenters. The summed E-state index contributed by atoms with van der Waals surface area (Å²) in [7, 11) is 0. The first-order valence-corrected chi connectivity index (χ1v) is 7.85. The second-order valence-electron chi connectivity index (χ2n) is 5.04. The van der Waals surface area contributed by atoms with E-state index in [0.717, 1.165) is 5.56 Å². The molecule has 1 heterocycles. The Morgan fingerprint density at radius 1 is 1.17 bits per heavy atom. The monoisotopic (exact) mass is 335 g/mol. The smallest absolute Gasteiger partial charge is 0.233 e. The van der Waals surface area contributed by atoms with E-state index in [1.807, 2.05) is 6.92 Å². The standard InChI is InChI=1S/C15H18FN5OS/c1-8(10-3-5-11(16)6-4-10)19-14(22)9(2)23-15-20-12(17)7-13(18)21-15/h3-9H,1-2H3,(H,19,22)(H4,17,18,20,21)/t8-,9+/m0/s1. The molecule has 0 fully saturated rings. The maximum Gasteiger partial charge on any atom is 0.233 e. The van der Waals surface area contributed by atoms with Gasteiger partial charge in [-0.25, -0.2) is 14.4 Å².